The van der Waals surface area contributed by atoms with Crippen LogP contribution in [0.2, 0.25) is 0 Å². The number of hydrogen-bond donors (Lipinski definition) is 1. The van der Waals surface area contributed by atoms with Crippen molar-refractivity contribution in [1.29, 1.82) is 0 Å². The number of aromatic nitrogens is 2. The molecule has 1 saturated carbocycles. The number of rotatable bonds is 6. The van der Waals surface area contributed by atoms with Crippen LogP contribution in [-0.4, -0.2) is 40.4 Å². The minimum Gasteiger partial charge on any atom is -0.367 e. The van der Waals surface area contributed by atoms with Crippen LogP contribution in [0, 0.1) is 6.92 Å². The van der Waals surface area contributed by atoms with E-state index >= 15 is 0 Å². The highest BCUT2D eigenvalue weighted by Crippen LogP contribution is 2.21. The second kappa shape index (κ2) is 8.11. The minimum absolute atomic E-state index is 0.0226. The molecule has 0 bridgehead atoms. The lowest BCUT2D eigenvalue weighted by Gasteiger charge is -2.23. The monoisotopic (exact) mass is 304 g/mol. The maximum Gasteiger partial charge on any atom is 0.272 e. The number of carbonyl (C=O) groups excluding carboxylic acids is 1. The zero-order chi connectivity index (χ0) is 15.9. The van der Waals surface area contributed by atoms with Gasteiger partial charge in [0.05, 0.1) is 0 Å². The molecule has 0 spiro atoms. The Hall–Kier alpha value is -1.65. The summed E-state index contributed by atoms with van der Waals surface area (Å²) in [5.41, 5.74) is 0.490. The average molecular weight is 304 g/mol. The van der Waals surface area contributed by atoms with Crippen LogP contribution in [0.3, 0.4) is 0 Å². The number of carbonyl (C=O) groups is 1. The second-order valence-electron chi connectivity index (χ2n) is 6.25. The van der Waals surface area contributed by atoms with Gasteiger partial charge in [0.2, 0.25) is 0 Å². The molecule has 1 aliphatic carbocycles. The highest BCUT2D eigenvalue weighted by Gasteiger charge is 2.17. The summed E-state index contributed by atoms with van der Waals surface area (Å²) in [5.74, 6) is 1.41. The van der Waals surface area contributed by atoms with E-state index in [1.54, 1.807) is 11.0 Å². The molecule has 0 radical (unpaired) electrons. The van der Waals surface area contributed by atoms with E-state index in [9.17, 15) is 4.79 Å². The van der Waals surface area contributed by atoms with E-state index in [0.29, 0.717) is 17.6 Å². The maximum atomic E-state index is 12.5. The summed E-state index contributed by atoms with van der Waals surface area (Å²) in [6.45, 7) is 4.73. The molecule has 1 aromatic heterocycles. The molecule has 2 rings (SSSR count). The van der Waals surface area contributed by atoms with Gasteiger partial charge in [0, 0.05) is 25.7 Å². The van der Waals surface area contributed by atoms with Crippen LogP contribution in [-0.2, 0) is 0 Å². The molecule has 122 valence electrons. The van der Waals surface area contributed by atoms with E-state index in [4.69, 9.17) is 0 Å². The molecule has 0 aliphatic heterocycles. The van der Waals surface area contributed by atoms with Crippen molar-refractivity contribution < 1.29 is 4.79 Å². The molecule has 0 saturated heterocycles. The van der Waals surface area contributed by atoms with Crippen molar-refractivity contribution in [2.45, 2.75) is 64.8 Å². The van der Waals surface area contributed by atoms with Crippen molar-refractivity contribution in [3.05, 3.63) is 17.6 Å². The van der Waals surface area contributed by atoms with Crippen LogP contribution >= 0.6 is 0 Å². The van der Waals surface area contributed by atoms with E-state index in [1.165, 1.54) is 32.1 Å². The predicted octanol–water partition coefficient (Wildman–Crippen LogP) is 3.40. The van der Waals surface area contributed by atoms with Gasteiger partial charge in [-0.25, -0.2) is 9.97 Å². The lowest BCUT2D eigenvalue weighted by atomic mass is 9.95. The van der Waals surface area contributed by atoms with Gasteiger partial charge in [-0.3, -0.25) is 4.79 Å². The fourth-order valence-corrected chi connectivity index (χ4v) is 2.90. The summed E-state index contributed by atoms with van der Waals surface area (Å²) >= 11 is 0. The summed E-state index contributed by atoms with van der Waals surface area (Å²) in [6.07, 6.45) is 8.33. The number of anilines is 1. The Kier molecular flexibility index (Phi) is 6.16. The highest BCUT2D eigenvalue weighted by atomic mass is 16.2. The van der Waals surface area contributed by atoms with Crippen molar-refractivity contribution >= 4 is 11.7 Å². The van der Waals surface area contributed by atoms with Crippen molar-refractivity contribution in [2.24, 2.45) is 0 Å². The molecule has 1 amide bonds. The van der Waals surface area contributed by atoms with Crippen molar-refractivity contribution in [3.63, 3.8) is 0 Å². The van der Waals surface area contributed by atoms with Crippen molar-refractivity contribution in [1.82, 2.24) is 14.9 Å². The lowest BCUT2D eigenvalue weighted by molar-refractivity contribution is 0.0787. The van der Waals surface area contributed by atoms with Gasteiger partial charge >= 0.3 is 0 Å². The van der Waals surface area contributed by atoms with Crippen LogP contribution in [0.5, 0.6) is 0 Å². The van der Waals surface area contributed by atoms with Crippen molar-refractivity contribution in [3.8, 4) is 0 Å². The van der Waals surface area contributed by atoms with E-state index in [-0.39, 0.29) is 5.91 Å². The smallest absolute Gasteiger partial charge is 0.272 e. The average Bonchev–Trinajstić information content (AvgIpc) is 2.52. The van der Waals surface area contributed by atoms with Crippen LogP contribution in [0.4, 0.5) is 5.82 Å². The molecule has 1 heterocycles. The Labute approximate surface area is 133 Å². The Morgan fingerprint density at radius 3 is 2.73 bits per heavy atom. The topological polar surface area (TPSA) is 58.1 Å². The quantitative estimate of drug-likeness (QED) is 0.875. The molecule has 1 aromatic rings. The van der Waals surface area contributed by atoms with Gasteiger partial charge in [-0.05, 0) is 26.2 Å². The van der Waals surface area contributed by atoms with E-state index in [0.717, 1.165) is 25.2 Å². The Morgan fingerprint density at radius 1 is 1.32 bits per heavy atom. The fraction of sp³-hybridized carbons (Fsp3) is 0.706. The Bertz CT molecular complexity index is 497. The van der Waals surface area contributed by atoms with E-state index in [2.05, 4.69) is 22.2 Å². The number of hydrogen-bond acceptors (Lipinski definition) is 4. The lowest BCUT2D eigenvalue weighted by Crippen LogP contribution is -2.29. The molecule has 1 aliphatic rings. The van der Waals surface area contributed by atoms with Gasteiger partial charge in [-0.2, -0.15) is 0 Å². The van der Waals surface area contributed by atoms with Gasteiger partial charge in [0.25, 0.3) is 5.91 Å². The minimum atomic E-state index is -0.0226. The Morgan fingerprint density at radius 2 is 2.05 bits per heavy atom. The standard InChI is InChI=1S/C17H28N4O/c1-4-5-11-21(3)17(22)15-12-16(19-13(2)18-15)20-14-9-7-6-8-10-14/h12,14H,4-11H2,1-3H3,(H,18,19,20). The number of aryl methyl sites for hydroxylation is 1. The summed E-state index contributed by atoms with van der Waals surface area (Å²) < 4.78 is 0. The van der Waals surface area contributed by atoms with Gasteiger partial charge in [-0.1, -0.05) is 32.6 Å². The summed E-state index contributed by atoms with van der Waals surface area (Å²) in [4.78, 5) is 23.0. The van der Waals surface area contributed by atoms with E-state index < -0.39 is 0 Å². The molecule has 0 aromatic carbocycles. The third kappa shape index (κ3) is 4.68. The molecule has 0 unspecified atom stereocenters. The first-order chi connectivity index (χ1) is 10.6. The molecule has 5 heteroatoms. The molecule has 5 nitrogen and oxygen atoms in total. The highest BCUT2D eigenvalue weighted by molar-refractivity contribution is 5.92. The van der Waals surface area contributed by atoms with Crippen LogP contribution in [0.1, 0.15) is 68.2 Å². The normalized spacial score (nSPS) is 15.6. The summed E-state index contributed by atoms with van der Waals surface area (Å²) in [6, 6.07) is 2.27. The van der Waals surface area contributed by atoms with Crippen LogP contribution < -0.4 is 5.32 Å². The third-order valence-corrected chi connectivity index (χ3v) is 4.21. The first-order valence-corrected chi connectivity index (χ1v) is 8.48. The predicted molar refractivity (Wildman–Crippen MR) is 89.1 cm³/mol. The van der Waals surface area contributed by atoms with Crippen LogP contribution in [0.25, 0.3) is 0 Å². The van der Waals surface area contributed by atoms with Gasteiger partial charge in [0.15, 0.2) is 0 Å². The summed E-state index contributed by atoms with van der Waals surface area (Å²) in [5, 5.41) is 3.48. The van der Waals surface area contributed by atoms with E-state index in [1.807, 2.05) is 14.0 Å². The van der Waals surface area contributed by atoms with Crippen molar-refractivity contribution in [2.75, 3.05) is 18.9 Å². The SMILES string of the molecule is CCCCN(C)C(=O)c1cc(NC2CCCCC2)nc(C)n1. The first-order valence-electron chi connectivity index (χ1n) is 8.48. The van der Waals surface area contributed by atoms with Gasteiger partial charge in [-0.15, -0.1) is 0 Å². The first kappa shape index (κ1) is 16.7. The third-order valence-electron chi connectivity index (χ3n) is 4.21. The van der Waals surface area contributed by atoms with Crippen LogP contribution in [0.15, 0.2) is 6.07 Å². The molecule has 22 heavy (non-hydrogen) atoms. The molecule has 0 atom stereocenters. The molecule has 1 N–H and O–H groups in total. The number of nitrogens with zero attached hydrogens (tertiary/aromatic N) is 3. The Balaban J connectivity index is 2.06. The maximum absolute atomic E-state index is 12.5. The number of unbranched alkanes of at least 4 members (excludes halogenated alkanes) is 1. The summed E-state index contributed by atoms with van der Waals surface area (Å²) in [7, 11) is 1.84. The fourth-order valence-electron chi connectivity index (χ4n) is 2.90. The second-order valence-corrected chi connectivity index (χ2v) is 6.25. The van der Waals surface area contributed by atoms with Gasteiger partial charge in [0.1, 0.15) is 17.3 Å². The molecular weight excluding hydrogens is 276 g/mol. The number of amides is 1. The molecule has 1 fully saturated rings. The molecular formula is C17H28N4O. The zero-order valence-electron chi connectivity index (χ0n) is 14.1. The zero-order valence-corrected chi connectivity index (χ0v) is 14.1. The number of nitrogens with one attached hydrogen (secondary N) is 1. The largest absolute Gasteiger partial charge is 0.367 e. The van der Waals surface area contributed by atoms with Gasteiger partial charge < -0.3 is 10.2 Å².